The molecule has 14 nitrogen and oxygen atoms in total. The average molecular weight is 880 g/mol. The van der Waals surface area contributed by atoms with Crippen LogP contribution in [-0.4, -0.2) is 85.9 Å². The predicted octanol–water partition coefficient (Wildman–Crippen LogP) is 6.70. The molecular weight excluding hydrogens is 831 g/mol. The van der Waals surface area contributed by atoms with E-state index in [2.05, 4.69) is 15.8 Å². The van der Waals surface area contributed by atoms with Crippen LogP contribution in [0.1, 0.15) is 83.7 Å². The molecule has 0 bridgehead atoms. The van der Waals surface area contributed by atoms with Crippen LogP contribution in [0.15, 0.2) is 113 Å². The Hall–Kier alpha value is -6.00. The summed E-state index contributed by atoms with van der Waals surface area (Å²) >= 11 is 2.53. The summed E-state index contributed by atoms with van der Waals surface area (Å²) in [5.74, 6) is -3.07. The number of benzene rings is 3. The van der Waals surface area contributed by atoms with Crippen LogP contribution in [0.2, 0.25) is 0 Å². The van der Waals surface area contributed by atoms with Gasteiger partial charge in [0.1, 0.15) is 46.2 Å². The number of carbonyl (C=O) groups excluding carboxylic acids is 5. The molecule has 4 aromatic rings. The normalized spacial score (nSPS) is 18.5. The molecule has 1 aromatic heterocycles. The number of nitrogens with one attached hydrogen (secondary N) is 2. The highest BCUT2D eigenvalue weighted by atomic mass is 32.2. The highest BCUT2D eigenvalue weighted by Crippen LogP contribution is 2.44. The van der Waals surface area contributed by atoms with E-state index in [9.17, 15) is 24.0 Å². The molecule has 1 aliphatic carbocycles. The van der Waals surface area contributed by atoms with E-state index >= 15 is 0 Å². The molecule has 2 amide bonds. The van der Waals surface area contributed by atoms with Crippen molar-refractivity contribution >= 4 is 63.7 Å². The summed E-state index contributed by atoms with van der Waals surface area (Å²) < 4.78 is 16.5. The minimum absolute atomic E-state index is 0.0281. The fourth-order valence-electron chi connectivity index (χ4n) is 7.04. The molecule has 3 heterocycles. The lowest BCUT2D eigenvalue weighted by atomic mass is 9.77. The Morgan fingerprint density at radius 3 is 1.89 bits per heavy atom. The van der Waals surface area contributed by atoms with Gasteiger partial charge in [0.05, 0.1) is 0 Å². The van der Waals surface area contributed by atoms with Crippen molar-refractivity contribution in [3.8, 4) is 0 Å². The number of aromatic nitrogens is 1. The number of rotatable bonds is 14. The van der Waals surface area contributed by atoms with Crippen molar-refractivity contribution < 1.29 is 43.0 Å². The van der Waals surface area contributed by atoms with Gasteiger partial charge < -0.3 is 29.7 Å². The Bertz CT molecular complexity index is 2310. The summed E-state index contributed by atoms with van der Waals surface area (Å²) in [5.41, 5.74) is -0.979. The second-order valence-electron chi connectivity index (χ2n) is 17.1. The van der Waals surface area contributed by atoms with Crippen molar-refractivity contribution in [1.82, 2.24) is 15.2 Å². The smallest absolute Gasteiger partial charge is 0.355 e. The van der Waals surface area contributed by atoms with Crippen molar-refractivity contribution in [2.24, 2.45) is 5.16 Å². The standard InChI is InChI=1S/C46H49N5O9S2/c1-28(52)57-25-29-26-61-39-35(38(54)51(39)36(29)40(55)58-43(2,3)4)48-37(53)34(50-60-45(23-24-45)41(56)59-44(5,6)7)33-27-62-42(47-33)49-46(30-17-11-8-12-18-30,31-19-13-9-14-20-31)32-21-15-10-16-22-32/h8-22,27,35,39H,23-26H2,1-7H3,(H,47,49)(H,48,53)/t35-,39-/m1/s1. The van der Waals surface area contributed by atoms with Crippen LogP contribution in [0.3, 0.4) is 0 Å². The largest absolute Gasteiger partial charge is 0.461 e. The number of thioether (sulfide) groups is 1. The average Bonchev–Trinajstić information content (AvgIpc) is 3.90. The number of β-lactam (4-membered cyclic amide) rings is 1. The maximum Gasteiger partial charge on any atom is 0.355 e. The summed E-state index contributed by atoms with van der Waals surface area (Å²) in [4.78, 5) is 79.0. The van der Waals surface area contributed by atoms with E-state index in [1.165, 1.54) is 34.9 Å². The van der Waals surface area contributed by atoms with Gasteiger partial charge in [-0.2, -0.15) is 0 Å². The molecule has 0 unspecified atom stereocenters. The molecule has 2 fully saturated rings. The lowest BCUT2D eigenvalue weighted by molar-refractivity contribution is -0.172. The number of carbonyl (C=O) groups is 5. The predicted molar refractivity (Wildman–Crippen MR) is 235 cm³/mol. The molecular formula is C46H49N5O9S2. The Balaban J connectivity index is 1.23. The fourth-order valence-corrected chi connectivity index (χ4v) is 9.12. The van der Waals surface area contributed by atoms with Gasteiger partial charge in [-0.25, -0.2) is 14.6 Å². The zero-order chi connectivity index (χ0) is 44.5. The number of thiazole rings is 1. The third kappa shape index (κ3) is 9.40. The first-order chi connectivity index (χ1) is 29.4. The van der Waals surface area contributed by atoms with E-state index in [-0.39, 0.29) is 29.5 Å². The van der Waals surface area contributed by atoms with Gasteiger partial charge in [-0.1, -0.05) is 96.2 Å². The number of fused-ring (bicyclic) bond motifs is 1. The molecule has 3 aromatic carbocycles. The molecule has 2 atom stereocenters. The van der Waals surface area contributed by atoms with Crippen molar-refractivity contribution in [2.45, 2.75) is 95.1 Å². The first-order valence-electron chi connectivity index (χ1n) is 20.2. The van der Waals surface area contributed by atoms with Crippen LogP contribution in [0.25, 0.3) is 0 Å². The van der Waals surface area contributed by atoms with E-state index in [0.29, 0.717) is 23.5 Å². The fraction of sp³-hybridized carbons (Fsp3) is 0.370. The van der Waals surface area contributed by atoms with Gasteiger partial charge in [0.25, 0.3) is 11.8 Å². The van der Waals surface area contributed by atoms with Crippen molar-refractivity contribution in [2.75, 3.05) is 17.7 Å². The molecule has 7 rings (SSSR count). The third-order valence-electron chi connectivity index (χ3n) is 10.0. The van der Waals surface area contributed by atoms with Crippen LogP contribution >= 0.6 is 23.1 Å². The summed E-state index contributed by atoms with van der Waals surface area (Å²) in [5, 5.41) is 12.2. The van der Waals surface area contributed by atoms with Gasteiger partial charge in [0, 0.05) is 36.5 Å². The van der Waals surface area contributed by atoms with Crippen LogP contribution in [0.5, 0.6) is 0 Å². The van der Waals surface area contributed by atoms with Crippen LogP contribution in [0, 0.1) is 0 Å². The molecule has 1 saturated carbocycles. The van der Waals surface area contributed by atoms with Gasteiger partial charge in [-0.15, -0.1) is 23.1 Å². The van der Waals surface area contributed by atoms with Crippen LogP contribution in [-0.2, 0) is 48.6 Å². The van der Waals surface area contributed by atoms with E-state index in [1.807, 2.05) is 91.0 Å². The number of nitrogens with zero attached hydrogens (tertiary/aromatic N) is 3. The molecule has 62 heavy (non-hydrogen) atoms. The summed E-state index contributed by atoms with van der Waals surface area (Å²) in [6, 6.07) is 28.8. The monoisotopic (exact) mass is 879 g/mol. The minimum atomic E-state index is -1.40. The van der Waals surface area contributed by atoms with E-state index in [0.717, 1.165) is 16.7 Å². The maximum absolute atomic E-state index is 14.5. The summed E-state index contributed by atoms with van der Waals surface area (Å²) in [6.45, 7) is 11.4. The Labute approximate surface area is 368 Å². The zero-order valence-corrected chi connectivity index (χ0v) is 37.2. The number of esters is 3. The lowest BCUT2D eigenvalue weighted by Gasteiger charge is -2.49. The topological polar surface area (TPSA) is 175 Å². The SMILES string of the molecule is CC(=O)OCC1=C(C(=O)OC(C)(C)C)N2C(=O)[C@@H](NC(=O)C(=NOC3(C(=O)OC(C)(C)C)CC3)c3csc(NC(c4ccccc4)(c4ccccc4)c4ccccc4)n3)[C@H]2SC1. The number of amides is 2. The van der Waals surface area contributed by atoms with E-state index in [1.54, 1.807) is 46.9 Å². The van der Waals surface area contributed by atoms with Gasteiger partial charge in [0.15, 0.2) is 10.8 Å². The number of oxime groups is 1. The molecule has 0 spiro atoms. The van der Waals surface area contributed by atoms with Crippen LogP contribution in [0.4, 0.5) is 5.13 Å². The van der Waals surface area contributed by atoms with Crippen molar-refractivity contribution in [1.29, 1.82) is 0 Å². The molecule has 0 radical (unpaired) electrons. The number of hydrogen-bond donors (Lipinski definition) is 2. The quantitative estimate of drug-likeness (QED) is 0.0343. The maximum atomic E-state index is 14.5. The lowest BCUT2D eigenvalue weighted by Crippen LogP contribution is -2.71. The van der Waals surface area contributed by atoms with Crippen molar-refractivity contribution in [3.05, 3.63) is 130 Å². The second-order valence-corrected chi connectivity index (χ2v) is 19.1. The molecule has 2 aliphatic heterocycles. The minimum Gasteiger partial charge on any atom is -0.461 e. The van der Waals surface area contributed by atoms with Gasteiger partial charge in [0.2, 0.25) is 5.60 Å². The van der Waals surface area contributed by atoms with Gasteiger partial charge >= 0.3 is 17.9 Å². The first kappa shape index (κ1) is 44.1. The number of ether oxygens (including phenoxy) is 3. The van der Waals surface area contributed by atoms with Crippen molar-refractivity contribution in [3.63, 3.8) is 0 Å². The molecule has 324 valence electrons. The molecule has 1 saturated heterocycles. The summed E-state index contributed by atoms with van der Waals surface area (Å²) in [7, 11) is 0. The molecule has 2 N–H and O–H groups in total. The Morgan fingerprint density at radius 2 is 1.39 bits per heavy atom. The molecule has 3 aliphatic rings. The number of hydrogen-bond acceptors (Lipinski definition) is 14. The van der Waals surface area contributed by atoms with Gasteiger partial charge in [-0.3, -0.25) is 19.3 Å². The zero-order valence-electron chi connectivity index (χ0n) is 35.6. The first-order valence-corrected chi connectivity index (χ1v) is 22.1. The molecule has 16 heteroatoms. The Morgan fingerprint density at radius 1 is 0.839 bits per heavy atom. The highest BCUT2D eigenvalue weighted by molar-refractivity contribution is 8.00. The van der Waals surface area contributed by atoms with E-state index < -0.39 is 63.5 Å². The second kappa shape index (κ2) is 17.4. The number of anilines is 1. The van der Waals surface area contributed by atoms with Gasteiger partial charge in [-0.05, 0) is 58.2 Å². The Kier molecular flexibility index (Phi) is 12.4. The highest BCUT2D eigenvalue weighted by Gasteiger charge is 2.57. The summed E-state index contributed by atoms with van der Waals surface area (Å²) in [6.07, 6.45) is 0.643. The van der Waals surface area contributed by atoms with Crippen LogP contribution < -0.4 is 10.6 Å². The van der Waals surface area contributed by atoms with E-state index in [4.69, 9.17) is 24.0 Å². The third-order valence-corrected chi connectivity index (χ3v) is 12.1.